The van der Waals surface area contributed by atoms with E-state index in [4.69, 9.17) is 10.3 Å². The van der Waals surface area contributed by atoms with Gasteiger partial charge in [-0.3, -0.25) is 0 Å². The maximum absolute atomic E-state index is 5.64. The van der Waals surface area contributed by atoms with Crippen molar-refractivity contribution in [2.45, 2.75) is 6.04 Å². The lowest BCUT2D eigenvalue weighted by Crippen LogP contribution is -2.10. The van der Waals surface area contributed by atoms with Gasteiger partial charge in [0.25, 0.3) is 0 Å². The van der Waals surface area contributed by atoms with Gasteiger partial charge in [-0.25, -0.2) is 0 Å². The van der Waals surface area contributed by atoms with Gasteiger partial charge in [-0.15, -0.1) is 0 Å². The van der Waals surface area contributed by atoms with Crippen molar-refractivity contribution < 1.29 is 0 Å². The average molecular weight is 1120 g/mol. The number of rotatable bonds is 9. The van der Waals surface area contributed by atoms with E-state index in [0.717, 1.165) is 89.1 Å². The predicted octanol–water partition coefficient (Wildman–Crippen LogP) is 21.3. The molecule has 13 aromatic carbocycles. The zero-order valence-corrected chi connectivity index (χ0v) is 47.8. The van der Waals surface area contributed by atoms with Crippen molar-refractivity contribution >= 4 is 98.8 Å². The maximum atomic E-state index is 5.64. The number of fused-ring (bicyclic) bond motifs is 12. The van der Waals surface area contributed by atoms with E-state index in [9.17, 15) is 0 Å². The summed E-state index contributed by atoms with van der Waals surface area (Å²) < 4.78 is 9.55. The molecule has 1 unspecified atom stereocenters. The summed E-state index contributed by atoms with van der Waals surface area (Å²) in [6, 6.07) is 112. The number of aromatic nitrogens is 4. The smallest absolute Gasteiger partial charge is 0.0541 e. The molecule has 0 saturated carbocycles. The van der Waals surface area contributed by atoms with Crippen LogP contribution in [0, 0.1) is 0 Å². The van der Waals surface area contributed by atoms with Crippen LogP contribution in [-0.2, 0) is 0 Å². The van der Waals surface area contributed by atoms with Crippen LogP contribution in [0.1, 0.15) is 22.7 Å². The molecule has 412 valence electrons. The second-order valence-electron chi connectivity index (χ2n) is 23.1. The molecule has 0 N–H and O–H groups in total. The number of nitrogens with zero attached hydrogens (tertiary/aromatic N) is 6. The van der Waals surface area contributed by atoms with Crippen molar-refractivity contribution in [3.63, 3.8) is 0 Å². The van der Waals surface area contributed by atoms with Gasteiger partial charge < -0.3 is 28.6 Å². The molecule has 1 aliphatic rings. The van der Waals surface area contributed by atoms with E-state index in [-0.39, 0.29) is 6.04 Å². The number of aliphatic imine (C=N–C) groups is 1. The van der Waals surface area contributed by atoms with Crippen LogP contribution in [0.3, 0.4) is 0 Å². The molecule has 0 aliphatic carbocycles. The Kier molecular flexibility index (Phi) is 11.3. The molecule has 0 fully saturated rings. The fourth-order valence-corrected chi connectivity index (χ4v) is 14.1. The first kappa shape index (κ1) is 49.7. The van der Waals surface area contributed by atoms with E-state index in [1.807, 2.05) is 0 Å². The number of hydrogen-bond donors (Lipinski definition) is 0. The molecule has 88 heavy (non-hydrogen) atoms. The molecule has 4 aromatic heterocycles. The van der Waals surface area contributed by atoms with E-state index >= 15 is 0 Å². The van der Waals surface area contributed by atoms with E-state index in [1.165, 1.54) is 65.5 Å². The van der Waals surface area contributed by atoms with Gasteiger partial charge >= 0.3 is 0 Å². The van der Waals surface area contributed by atoms with Crippen molar-refractivity contribution in [2.75, 3.05) is 0 Å². The molecule has 0 amide bonds. The minimum Gasteiger partial charge on any atom is -0.454 e. The van der Waals surface area contributed by atoms with Gasteiger partial charge in [0.05, 0.1) is 44.1 Å². The van der Waals surface area contributed by atoms with Crippen LogP contribution in [0.15, 0.2) is 320 Å². The zero-order valence-electron chi connectivity index (χ0n) is 47.8. The molecule has 1 atom stereocenters. The molecular formula is C82H53N6-. The Morgan fingerprint density at radius 3 is 0.932 bits per heavy atom. The third kappa shape index (κ3) is 7.93. The molecule has 0 saturated heterocycles. The average Bonchev–Trinajstić information content (AvgIpc) is 2.58. The molecular weight excluding hydrogens is 1070 g/mol. The number of para-hydroxylation sites is 6. The minimum absolute atomic E-state index is 0.328. The Morgan fingerprint density at radius 2 is 0.534 bits per heavy atom. The SMILES string of the molecule is C1=C(c2ccccc2)N=C(c2ccc3c(c2)c2cc(-c4ccc5c(c4)c4ccccc4n5-c4ccccc4)ccc2n3-c2ccccc2)[N-]C1c1ccc2c(c1)c1cc(-c3ccc4c(c3)c3ccccc3n4-c3ccccc3)ccc1n2-c1ccccc1. The summed E-state index contributed by atoms with van der Waals surface area (Å²) >= 11 is 0. The molecule has 1 aliphatic heterocycles. The lowest BCUT2D eigenvalue weighted by Gasteiger charge is -2.33. The first-order valence-electron chi connectivity index (χ1n) is 30.2. The topological polar surface area (TPSA) is 46.2 Å². The van der Waals surface area contributed by atoms with Crippen LogP contribution in [0.25, 0.3) is 143 Å². The van der Waals surface area contributed by atoms with Gasteiger partial charge in [0.2, 0.25) is 0 Å². The van der Waals surface area contributed by atoms with Gasteiger partial charge in [-0.1, -0.05) is 188 Å². The van der Waals surface area contributed by atoms with Gasteiger partial charge in [0.1, 0.15) is 0 Å². The predicted molar refractivity (Wildman–Crippen MR) is 368 cm³/mol. The second kappa shape index (κ2) is 19.9. The fraction of sp³-hybridized carbons (Fsp3) is 0.0122. The van der Waals surface area contributed by atoms with Gasteiger partial charge in [-0.2, -0.15) is 0 Å². The summed E-state index contributed by atoms with van der Waals surface area (Å²) in [6.45, 7) is 0. The Morgan fingerprint density at radius 1 is 0.239 bits per heavy atom. The van der Waals surface area contributed by atoms with Crippen LogP contribution in [-0.4, -0.2) is 24.1 Å². The highest BCUT2D eigenvalue weighted by molar-refractivity contribution is 6.19. The van der Waals surface area contributed by atoms with Crippen molar-refractivity contribution in [1.29, 1.82) is 0 Å². The first-order valence-corrected chi connectivity index (χ1v) is 30.2. The van der Waals surface area contributed by atoms with Gasteiger partial charge in [0, 0.05) is 71.9 Å². The standard InChI is InChI=1S/C82H53N6/c1-6-20-53(21-7-1)72-52-73(58-38-44-80-70(50-58)68-48-56(36-42-78(68)87(80)62-26-12-4-13-27-62)54-34-40-76-66(46-54)64-30-16-18-32-74(64)85(76)60-22-8-2-9-23-60)84-82(83-72)59-39-45-81-71(51-59)69-49-57(37-43-79(69)88(81)63-28-14-5-15-29-63)55-35-41-77-67(47-55)65-31-17-19-33-75(65)86(77)61-24-10-3-11-25-61/h1-52,73H/q-1. The van der Waals surface area contributed by atoms with E-state index in [2.05, 4.69) is 334 Å². The van der Waals surface area contributed by atoms with Crippen molar-refractivity contribution in [3.05, 3.63) is 337 Å². The number of amidine groups is 1. The molecule has 6 heteroatoms. The van der Waals surface area contributed by atoms with Gasteiger partial charge in [0.15, 0.2) is 0 Å². The van der Waals surface area contributed by atoms with Crippen LogP contribution >= 0.6 is 0 Å². The summed E-state index contributed by atoms with van der Waals surface area (Å²) in [5, 5.41) is 15.2. The van der Waals surface area contributed by atoms with Crippen LogP contribution < -0.4 is 0 Å². The van der Waals surface area contributed by atoms with Crippen LogP contribution in [0.5, 0.6) is 0 Å². The Labute approximate surface area is 507 Å². The molecule has 18 rings (SSSR count). The highest BCUT2D eigenvalue weighted by Gasteiger charge is 2.22. The summed E-state index contributed by atoms with van der Waals surface area (Å²) in [4.78, 5) is 5.45. The molecule has 0 radical (unpaired) electrons. The summed E-state index contributed by atoms with van der Waals surface area (Å²) in [5.41, 5.74) is 22.5. The first-order chi connectivity index (χ1) is 43.6. The highest BCUT2D eigenvalue weighted by atomic mass is 15.1. The van der Waals surface area contributed by atoms with Crippen molar-refractivity contribution in [3.8, 4) is 45.0 Å². The van der Waals surface area contributed by atoms with E-state index in [0.29, 0.717) is 5.84 Å². The van der Waals surface area contributed by atoms with Crippen molar-refractivity contribution in [1.82, 2.24) is 18.3 Å². The minimum atomic E-state index is -0.328. The van der Waals surface area contributed by atoms with E-state index in [1.54, 1.807) is 0 Å². The molecule has 0 spiro atoms. The third-order valence-corrected chi connectivity index (χ3v) is 18.1. The van der Waals surface area contributed by atoms with Crippen molar-refractivity contribution in [2.24, 2.45) is 4.99 Å². The number of benzene rings is 13. The molecule has 5 heterocycles. The quantitative estimate of drug-likeness (QED) is 0.138. The lowest BCUT2D eigenvalue weighted by molar-refractivity contribution is 1.04. The highest BCUT2D eigenvalue weighted by Crippen LogP contribution is 2.44. The van der Waals surface area contributed by atoms with Gasteiger partial charge in [-0.05, 0) is 178 Å². The largest absolute Gasteiger partial charge is 0.454 e. The molecule has 17 aromatic rings. The Bertz CT molecular complexity index is 5690. The summed E-state index contributed by atoms with van der Waals surface area (Å²) in [7, 11) is 0. The zero-order chi connectivity index (χ0) is 57.8. The monoisotopic (exact) mass is 1120 g/mol. The second-order valence-corrected chi connectivity index (χ2v) is 23.1. The lowest BCUT2D eigenvalue weighted by atomic mass is 9.97. The van der Waals surface area contributed by atoms with Crippen LogP contribution in [0.2, 0.25) is 0 Å². The third-order valence-electron chi connectivity index (χ3n) is 18.1. The summed E-state index contributed by atoms with van der Waals surface area (Å²) in [6.07, 6.45) is 2.24. The Hall–Kier alpha value is -11.7. The van der Waals surface area contributed by atoms with Crippen LogP contribution in [0.4, 0.5) is 0 Å². The molecule has 0 bridgehead atoms. The van der Waals surface area contributed by atoms with E-state index < -0.39 is 0 Å². The summed E-state index contributed by atoms with van der Waals surface area (Å²) in [5.74, 6) is 0.698. The molecule has 6 nitrogen and oxygen atoms in total. The Balaban J connectivity index is 0.770. The maximum Gasteiger partial charge on any atom is 0.0541 e. The fourth-order valence-electron chi connectivity index (χ4n) is 14.1. The number of hydrogen-bond acceptors (Lipinski definition) is 1. The normalized spacial score (nSPS) is 13.6.